The predicted molar refractivity (Wildman–Crippen MR) is 87.8 cm³/mol. The Morgan fingerprint density at radius 2 is 1.91 bits per heavy atom. The van der Waals surface area contributed by atoms with Gasteiger partial charge in [0.25, 0.3) is 15.9 Å². The van der Waals surface area contributed by atoms with E-state index in [0.29, 0.717) is 12.8 Å². The van der Waals surface area contributed by atoms with Gasteiger partial charge in [0.05, 0.1) is 4.90 Å². The number of rotatable bonds is 5. The molecule has 1 aliphatic heterocycles. The van der Waals surface area contributed by atoms with Crippen molar-refractivity contribution in [2.75, 3.05) is 12.4 Å². The Bertz CT molecular complexity index is 660. The molecule has 0 spiro atoms. The standard InChI is InChI=1S/C15H19Cl2NO3S/c1-3-8-15(17)12(9-16)10-18(14(15)19)22(20,21)13-6-4-11(2)5-7-13/h4-7,12H,3,8-10H2,1-2H3/t12-,15+/m1/s1. The quantitative estimate of drug-likeness (QED) is 0.755. The second-order valence-electron chi connectivity index (χ2n) is 5.62. The Morgan fingerprint density at radius 1 is 1.32 bits per heavy atom. The molecule has 0 radical (unpaired) electrons. The fraction of sp³-hybridized carbons (Fsp3) is 0.533. The molecule has 0 aliphatic carbocycles. The van der Waals surface area contributed by atoms with Crippen LogP contribution in [0.25, 0.3) is 0 Å². The molecular weight excluding hydrogens is 345 g/mol. The largest absolute Gasteiger partial charge is 0.272 e. The maximum absolute atomic E-state index is 12.7. The summed E-state index contributed by atoms with van der Waals surface area (Å²) in [7, 11) is -3.90. The second kappa shape index (κ2) is 6.38. The van der Waals surface area contributed by atoms with Gasteiger partial charge in [-0.05, 0) is 25.5 Å². The van der Waals surface area contributed by atoms with Crippen LogP contribution in [-0.2, 0) is 14.8 Å². The third kappa shape index (κ3) is 2.86. The van der Waals surface area contributed by atoms with Gasteiger partial charge in [-0.1, -0.05) is 31.0 Å². The van der Waals surface area contributed by atoms with Crippen LogP contribution in [0, 0.1) is 12.8 Å². The van der Waals surface area contributed by atoms with Crippen LogP contribution in [-0.4, -0.2) is 35.9 Å². The van der Waals surface area contributed by atoms with E-state index in [4.69, 9.17) is 23.2 Å². The average molecular weight is 364 g/mol. The highest BCUT2D eigenvalue weighted by Gasteiger charge is 2.55. The summed E-state index contributed by atoms with van der Waals surface area (Å²) in [6, 6.07) is 6.41. The van der Waals surface area contributed by atoms with Crippen LogP contribution in [0.4, 0.5) is 0 Å². The third-order valence-electron chi connectivity index (χ3n) is 4.02. The fourth-order valence-corrected chi connectivity index (χ4v) is 5.12. The number of nitrogens with zero attached hydrogens (tertiary/aromatic N) is 1. The summed E-state index contributed by atoms with van der Waals surface area (Å²) < 4.78 is 26.3. The minimum atomic E-state index is -3.90. The molecule has 1 aromatic carbocycles. The summed E-state index contributed by atoms with van der Waals surface area (Å²) in [6.07, 6.45) is 1.09. The van der Waals surface area contributed by atoms with E-state index in [1.165, 1.54) is 12.1 Å². The third-order valence-corrected chi connectivity index (χ3v) is 6.82. The molecule has 0 saturated carbocycles. The van der Waals surface area contributed by atoms with Crippen LogP contribution < -0.4 is 0 Å². The van der Waals surface area contributed by atoms with Crippen molar-refractivity contribution < 1.29 is 13.2 Å². The van der Waals surface area contributed by atoms with Gasteiger partial charge in [0, 0.05) is 18.3 Å². The van der Waals surface area contributed by atoms with E-state index in [-0.39, 0.29) is 23.2 Å². The number of aryl methyl sites for hydroxylation is 1. The Morgan fingerprint density at radius 3 is 2.41 bits per heavy atom. The Hall–Kier alpha value is -0.780. The Labute approximate surface area is 141 Å². The smallest absolute Gasteiger partial charge is 0.266 e. The lowest BCUT2D eigenvalue weighted by atomic mass is 9.92. The molecule has 1 saturated heterocycles. The molecule has 0 bridgehead atoms. The number of carbonyl (C=O) groups is 1. The molecule has 122 valence electrons. The van der Waals surface area contributed by atoms with Crippen molar-refractivity contribution in [1.29, 1.82) is 0 Å². The number of sulfonamides is 1. The number of carbonyl (C=O) groups excluding carboxylic acids is 1. The summed E-state index contributed by atoms with van der Waals surface area (Å²) in [4.78, 5) is 11.5. The molecule has 1 aliphatic rings. The van der Waals surface area contributed by atoms with E-state index in [9.17, 15) is 13.2 Å². The van der Waals surface area contributed by atoms with Crippen molar-refractivity contribution >= 4 is 39.1 Å². The van der Waals surface area contributed by atoms with Crippen LogP contribution in [0.5, 0.6) is 0 Å². The minimum Gasteiger partial charge on any atom is -0.272 e. The van der Waals surface area contributed by atoms with Crippen molar-refractivity contribution in [3.8, 4) is 0 Å². The van der Waals surface area contributed by atoms with Crippen LogP contribution in [0.2, 0.25) is 0 Å². The first kappa shape index (κ1) is 17.6. The maximum atomic E-state index is 12.7. The second-order valence-corrected chi connectivity index (χ2v) is 8.46. The first-order valence-electron chi connectivity index (χ1n) is 7.16. The van der Waals surface area contributed by atoms with E-state index >= 15 is 0 Å². The zero-order valence-electron chi connectivity index (χ0n) is 12.6. The minimum absolute atomic E-state index is 0.0298. The van der Waals surface area contributed by atoms with Crippen molar-refractivity contribution in [3.05, 3.63) is 29.8 Å². The molecule has 1 amide bonds. The molecule has 2 atom stereocenters. The molecular formula is C15H19Cl2NO3S. The highest BCUT2D eigenvalue weighted by atomic mass is 35.5. The molecule has 4 nitrogen and oxygen atoms in total. The molecule has 0 aromatic heterocycles. The van der Waals surface area contributed by atoms with Gasteiger partial charge >= 0.3 is 0 Å². The molecule has 0 unspecified atom stereocenters. The summed E-state index contributed by atoms with van der Waals surface area (Å²) in [6.45, 7) is 3.80. The first-order chi connectivity index (χ1) is 10.3. The summed E-state index contributed by atoms with van der Waals surface area (Å²) in [5.41, 5.74) is 0.947. The van der Waals surface area contributed by atoms with Gasteiger partial charge in [0.1, 0.15) is 4.87 Å². The number of benzene rings is 1. The zero-order chi connectivity index (χ0) is 16.5. The number of alkyl halides is 2. The van der Waals surface area contributed by atoms with Gasteiger partial charge in [0.15, 0.2) is 0 Å². The van der Waals surface area contributed by atoms with Gasteiger partial charge in [-0.2, -0.15) is 0 Å². The van der Waals surface area contributed by atoms with E-state index in [0.717, 1.165) is 9.87 Å². The van der Waals surface area contributed by atoms with Crippen LogP contribution in [0.15, 0.2) is 29.2 Å². The van der Waals surface area contributed by atoms with Crippen molar-refractivity contribution in [3.63, 3.8) is 0 Å². The Balaban J connectivity index is 2.40. The fourth-order valence-electron chi connectivity index (χ4n) is 2.70. The molecule has 1 aromatic rings. The van der Waals surface area contributed by atoms with E-state index < -0.39 is 20.8 Å². The number of amides is 1. The van der Waals surface area contributed by atoms with Crippen LogP contribution >= 0.6 is 23.2 Å². The summed E-state index contributed by atoms with van der Waals surface area (Å²) in [5, 5.41) is 0. The van der Waals surface area contributed by atoms with E-state index in [1.54, 1.807) is 12.1 Å². The number of hydrogen-bond acceptors (Lipinski definition) is 3. The summed E-state index contributed by atoms with van der Waals surface area (Å²) in [5.74, 6) is -0.805. The Kier molecular flexibility index (Phi) is 5.09. The van der Waals surface area contributed by atoms with Crippen molar-refractivity contribution in [1.82, 2.24) is 4.31 Å². The lowest BCUT2D eigenvalue weighted by Gasteiger charge is -2.23. The molecule has 22 heavy (non-hydrogen) atoms. The molecule has 0 N–H and O–H groups in total. The van der Waals surface area contributed by atoms with Gasteiger partial charge in [-0.3, -0.25) is 4.79 Å². The number of halogens is 2. The zero-order valence-corrected chi connectivity index (χ0v) is 14.9. The first-order valence-corrected chi connectivity index (χ1v) is 9.51. The highest BCUT2D eigenvalue weighted by Crippen LogP contribution is 2.41. The molecule has 1 fully saturated rings. The van der Waals surface area contributed by atoms with E-state index in [2.05, 4.69) is 0 Å². The van der Waals surface area contributed by atoms with Gasteiger partial charge < -0.3 is 0 Å². The van der Waals surface area contributed by atoms with Gasteiger partial charge in [-0.15, -0.1) is 23.2 Å². The normalized spacial score (nSPS) is 25.7. The lowest BCUT2D eigenvalue weighted by Crippen LogP contribution is -2.40. The highest BCUT2D eigenvalue weighted by molar-refractivity contribution is 7.89. The monoisotopic (exact) mass is 363 g/mol. The number of hydrogen-bond donors (Lipinski definition) is 0. The average Bonchev–Trinajstić information content (AvgIpc) is 2.72. The maximum Gasteiger partial charge on any atom is 0.266 e. The molecule has 2 rings (SSSR count). The van der Waals surface area contributed by atoms with Crippen LogP contribution in [0.3, 0.4) is 0 Å². The van der Waals surface area contributed by atoms with Crippen molar-refractivity contribution in [2.45, 2.75) is 36.5 Å². The summed E-state index contributed by atoms with van der Waals surface area (Å²) >= 11 is 12.4. The topological polar surface area (TPSA) is 54.5 Å². The lowest BCUT2D eigenvalue weighted by molar-refractivity contribution is -0.126. The molecule has 7 heteroatoms. The van der Waals surface area contributed by atoms with Gasteiger partial charge in [0.2, 0.25) is 0 Å². The van der Waals surface area contributed by atoms with E-state index in [1.807, 2.05) is 13.8 Å². The SMILES string of the molecule is CCC[C@@]1(Cl)C(=O)N(S(=O)(=O)c2ccc(C)cc2)C[C@H]1CCl. The predicted octanol–water partition coefficient (Wildman–Crippen LogP) is 3.16. The van der Waals surface area contributed by atoms with Gasteiger partial charge in [-0.25, -0.2) is 12.7 Å². The molecule has 1 heterocycles. The van der Waals surface area contributed by atoms with Crippen molar-refractivity contribution in [2.24, 2.45) is 5.92 Å². The van der Waals surface area contributed by atoms with Crippen LogP contribution in [0.1, 0.15) is 25.3 Å².